The molecule has 1 aliphatic rings. The van der Waals surface area contributed by atoms with Crippen molar-refractivity contribution in [1.29, 1.82) is 0 Å². The Kier molecular flexibility index (Phi) is 6.46. The van der Waals surface area contributed by atoms with Crippen molar-refractivity contribution in [2.45, 2.75) is 45.2 Å². The number of alkyl halides is 6. The summed E-state index contributed by atoms with van der Waals surface area (Å²) < 4.78 is 77.3. The van der Waals surface area contributed by atoms with Crippen molar-refractivity contribution in [2.75, 3.05) is 13.1 Å². The Morgan fingerprint density at radius 2 is 1.52 bits per heavy atom. The third-order valence-electron chi connectivity index (χ3n) is 4.44. The Labute approximate surface area is 148 Å². The molecule has 25 heavy (non-hydrogen) atoms. The molecule has 1 heterocycles. The number of piperidine rings is 1. The maximum Gasteiger partial charge on any atom is 0.416 e. The number of halogens is 7. The number of rotatable bonds is 2. The van der Waals surface area contributed by atoms with E-state index in [1.807, 2.05) is 18.7 Å². The van der Waals surface area contributed by atoms with Gasteiger partial charge in [-0.25, -0.2) is 0 Å². The number of hydrogen-bond donors (Lipinski definition) is 1. The topological polar surface area (TPSA) is 29.3 Å². The summed E-state index contributed by atoms with van der Waals surface area (Å²) in [5.74, 6) is 0. The van der Waals surface area contributed by atoms with Crippen LogP contribution in [0.25, 0.3) is 0 Å². The molecule has 1 atom stereocenters. The van der Waals surface area contributed by atoms with E-state index in [2.05, 4.69) is 0 Å². The van der Waals surface area contributed by atoms with E-state index < -0.39 is 23.5 Å². The van der Waals surface area contributed by atoms with Gasteiger partial charge in [-0.15, -0.1) is 12.4 Å². The van der Waals surface area contributed by atoms with Gasteiger partial charge in [-0.1, -0.05) is 13.8 Å². The Morgan fingerprint density at radius 1 is 1.04 bits per heavy atom. The molecule has 2 rings (SSSR count). The number of likely N-dealkylation sites (tertiary alicyclic amines) is 1. The lowest BCUT2D eigenvalue weighted by atomic mass is 9.79. The smallest absolute Gasteiger partial charge is 0.327 e. The molecular formula is C16H21ClF6N2. The van der Waals surface area contributed by atoms with Crippen molar-refractivity contribution < 1.29 is 26.3 Å². The Hall–Kier alpha value is -0.990. The number of benzene rings is 1. The van der Waals surface area contributed by atoms with Gasteiger partial charge >= 0.3 is 12.4 Å². The average Bonchev–Trinajstić information content (AvgIpc) is 2.40. The molecule has 0 aromatic heterocycles. The van der Waals surface area contributed by atoms with E-state index in [9.17, 15) is 26.3 Å². The quantitative estimate of drug-likeness (QED) is 0.741. The van der Waals surface area contributed by atoms with Gasteiger partial charge in [0.15, 0.2) is 0 Å². The summed E-state index contributed by atoms with van der Waals surface area (Å²) >= 11 is 0. The normalized spacial score (nSPS) is 21.7. The molecule has 0 amide bonds. The highest BCUT2D eigenvalue weighted by Gasteiger charge is 2.38. The summed E-state index contributed by atoms with van der Waals surface area (Å²) in [5, 5.41) is 0. The summed E-state index contributed by atoms with van der Waals surface area (Å²) in [5.41, 5.74) is 3.21. The van der Waals surface area contributed by atoms with Crippen LogP contribution in [0.1, 0.15) is 37.0 Å². The van der Waals surface area contributed by atoms with Gasteiger partial charge in [0.1, 0.15) is 0 Å². The molecular weight excluding hydrogens is 370 g/mol. The van der Waals surface area contributed by atoms with Gasteiger partial charge in [0.25, 0.3) is 0 Å². The fourth-order valence-corrected chi connectivity index (χ4v) is 2.99. The lowest BCUT2D eigenvalue weighted by Crippen LogP contribution is -2.52. The summed E-state index contributed by atoms with van der Waals surface area (Å²) in [4.78, 5) is 1.85. The molecule has 9 heteroatoms. The number of nitrogens with zero attached hydrogens (tertiary/aromatic N) is 1. The van der Waals surface area contributed by atoms with Crippen LogP contribution in [-0.4, -0.2) is 24.0 Å². The van der Waals surface area contributed by atoms with E-state index in [-0.39, 0.29) is 42.0 Å². The molecule has 1 aromatic carbocycles. The molecule has 1 saturated heterocycles. The van der Waals surface area contributed by atoms with Crippen LogP contribution in [0.5, 0.6) is 0 Å². The summed E-state index contributed by atoms with van der Waals surface area (Å²) in [6.07, 6.45) is -8.99. The SMILES string of the molecule is CC1(C)CN(Cc2cc(C(F)(F)F)cc(C(F)(F)F)c2)CCC1N.Cl. The minimum Gasteiger partial charge on any atom is -0.327 e. The first kappa shape index (κ1) is 22.1. The fraction of sp³-hybridized carbons (Fsp3) is 0.625. The van der Waals surface area contributed by atoms with Crippen LogP contribution in [0, 0.1) is 5.41 Å². The molecule has 0 radical (unpaired) electrons. The van der Waals surface area contributed by atoms with Gasteiger partial charge in [0.2, 0.25) is 0 Å². The highest BCUT2D eigenvalue weighted by Crippen LogP contribution is 2.37. The zero-order chi connectivity index (χ0) is 18.3. The molecule has 1 unspecified atom stereocenters. The molecule has 1 aromatic rings. The molecule has 0 saturated carbocycles. The van der Waals surface area contributed by atoms with E-state index in [4.69, 9.17) is 5.73 Å². The maximum absolute atomic E-state index is 12.9. The molecule has 0 spiro atoms. The van der Waals surface area contributed by atoms with Gasteiger partial charge in [-0.2, -0.15) is 26.3 Å². The predicted octanol–water partition coefficient (Wildman–Crippen LogP) is 4.71. The number of hydrogen-bond acceptors (Lipinski definition) is 2. The highest BCUT2D eigenvalue weighted by atomic mass is 35.5. The van der Waals surface area contributed by atoms with Gasteiger partial charge in [0.05, 0.1) is 11.1 Å². The second-order valence-electron chi connectivity index (χ2n) is 7.01. The highest BCUT2D eigenvalue weighted by molar-refractivity contribution is 5.85. The van der Waals surface area contributed by atoms with Crippen LogP contribution in [0.15, 0.2) is 18.2 Å². The molecule has 2 nitrogen and oxygen atoms in total. The van der Waals surface area contributed by atoms with Crippen LogP contribution in [0.2, 0.25) is 0 Å². The van der Waals surface area contributed by atoms with Crippen molar-refractivity contribution >= 4 is 12.4 Å². The van der Waals surface area contributed by atoms with Gasteiger partial charge in [-0.3, -0.25) is 4.90 Å². The lowest BCUT2D eigenvalue weighted by Gasteiger charge is -2.42. The molecule has 0 bridgehead atoms. The molecule has 1 aliphatic heterocycles. The van der Waals surface area contributed by atoms with Crippen molar-refractivity contribution in [3.8, 4) is 0 Å². The van der Waals surface area contributed by atoms with Gasteiger partial charge in [0, 0.05) is 25.7 Å². The Balaban J connectivity index is 0.00000312. The van der Waals surface area contributed by atoms with Gasteiger partial charge in [-0.05, 0) is 35.6 Å². The van der Waals surface area contributed by atoms with Crippen molar-refractivity contribution in [1.82, 2.24) is 4.90 Å². The largest absolute Gasteiger partial charge is 0.416 e. The summed E-state index contributed by atoms with van der Waals surface area (Å²) in [6, 6.07) is 1.69. The van der Waals surface area contributed by atoms with E-state index in [0.717, 1.165) is 12.1 Å². The number of nitrogens with two attached hydrogens (primary N) is 1. The zero-order valence-corrected chi connectivity index (χ0v) is 14.7. The molecule has 144 valence electrons. The predicted molar refractivity (Wildman–Crippen MR) is 85.3 cm³/mol. The summed E-state index contributed by atoms with van der Waals surface area (Å²) in [6.45, 7) is 4.98. The first-order chi connectivity index (χ1) is 10.8. The molecule has 1 fully saturated rings. The average molecular weight is 391 g/mol. The Morgan fingerprint density at radius 3 is 1.92 bits per heavy atom. The summed E-state index contributed by atoms with van der Waals surface area (Å²) in [7, 11) is 0. The minimum atomic E-state index is -4.82. The minimum absolute atomic E-state index is 0. The van der Waals surface area contributed by atoms with Crippen LogP contribution < -0.4 is 5.73 Å². The van der Waals surface area contributed by atoms with Crippen molar-refractivity contribution in [3.05, 3.63) is 34.9 Å². The van der Waals surface area contributed by atoms with Crippen molar-refractivity contribution in [3.63, 3.8) is 0 Å². The van der Waals surface area contributed by atoms with E-state index in [1.165, 1.54) is 0 Å². The van der Waals surface area contributed by atoms with Crippen LogP contribution in [-0.2, 0) is 18.9 Å². The zero-order valence-electron chi connectivity index (χ0n) is 13.8. The van der Waals surface area contributed by atoms with Crippen LogP contribution in [0.4, 0.5) is 26.3 Å². The van der Waals surface area contributed by atoms with Crippen LogP contribution >= 0.6 is 12.4 Å². The Bertz CT molecular complexity index is 565. The maximum atomic E-state index is 12.9. The lowest BCUT2D eigenvalue weighted by molar-refractivity contribution is -0.143. The second kappa shape index (κ2) is 7.32. The fourth-order valence-electron chi connectivity index (χ4n) is 2.99. The first-order valence-electron chi connectivity index (χ1n) is 7.55. The third-order valence-corrected chi connectivity index (χ3v) is 4.44. The van der Waals surface area contributed by atoms with E-state index in [0.29, 0.717) is 19.5 Å². The second-order valence-corrected chi connectivity index (χ2v) is 7.01. The third kappa shape index (κ3) is 5.49. The molecule has 0 aliphatic carbocycles. The van der Waals surface area contributed by atoms with E-state index in [1.54, 1.807) is 0 Å². The standard InChI is InChI=1S/C16H20F6N2.ClH/c1-14(2)9-24(4-3-13(14)23)8-10-5-11(15(17,18)19)7-12(6-10)16(20,21)22;/h5-7,13H,3-4,8-9,23H2,1-2H3;1H. The first-order valence-corrected chi connectivity index (χ1v) is 7.55. The monoisotopic (exact) mass is 390 g/mol. The molecule has 2 N–H and O–H groups in total. The van der Waals surface area contributed by atoms with Crippen LogP contribution in [0.3, 0.4) is 0 Å². The van der Waals surface area contributed by atoms with Gasteiger partial charge < -0.3 is 5.73 Å². The van der Waals surface area contributed by atoms with E-state index >= 15 is 0 Å². The van der Waals surface area contributed by atoms with Crippen molar-refractivity contribution in [2.24, 2.45) is 11.1 Å².